The number of rotatable bonds is 8. The first-order chi connectivity index (χ1) is 11.5. The molecule has 0 bridgehead atoms. The molecule has 0 unspecified atom stereocenters. The topological polar surface area (TPSA) is 90.1 Å². The van der Waals surface area contributed by atoms with E-state index < -0.39 is 4.92 Å². The highest BCUT2D eigenvalue weighted by molar-refractivity contribution is 8.00. The van der Waals surface area contributed by atoms with E-state index in [4.69, 9.17) is 0 Å². The standard InChI is InChI=1S/C16H20N4O3S/c1-12(11-19-9-3-8-18-19)10-17-16(21)13(2)24-15-6-4-14(5-7-15)20(22)23/h3-9,12-13H,10-11H2,1-2H3,(H,17,21)/t12-,13+/m1/s1. The zero-order valence-corrected chi connectivity index (χ0v) is 14.4. The second kappa shape index (κ2) is 8.49. The second-order valence-electron chi connectivity index (χ2n) is 5.59. The van der Waals surface area contributed by atoms with Crippen LogP contribution in [-0.2, 0) is 11.3 Å². The van der Waals surface area contributed by atoms with E-state index in [1.165, 1.54) is 23.9 Å². The van der Waals surface area contributed by atoms with E-state index in [0.717, 1.165) is 11.4 Å². The molecule has 2 rings (SSSR count). The van der Waals surface area contributed by atoms with Gasteiger partial charge in [-0.1, -0.05) is 6.92 Å². The molecule has 1 N–H and O–H groups in total. The third kappa shape index (κ3) is 5.38. The van der Waals surface area contributed by atoms with Crippen LogP contribution in [0.1, 0.15) is 13.8 Å². The van der Waals surface area contributed by atoms with Gasteiger partial charge in [-0.25, -0.2) is 0 Å². The van der Waals surface area contributed by atoms with E-state index >= 15 is 0 Å². The molecule has 128 valence electrons. The second-order valence-corrected chi connectivity index (χ2v) is 7.00. The fraction of sp³-hybridized carbons (Fsp3) is 0.375. The number of carbonyl (C=O) groups excluding carboxylic acids is 1. The van der Waals surface area contributed by atoms with Crippen LogP contribution in [-0.4, -0.2) is 32.4 Å². The normalized spacial score (nSPS) is 13.2. The molecule has 0 aliphatic heterocycles. The number of nitro benzene ring substituents is 1. The van der Waals surface area contributed by atoms with Gasteiger partial charge in [-0.3, -0.25) is 19.6 Å². The Labute approximate surface area is 144 Å². The number of nitrogens with zero attached hydrogens (tertiary/aromatic N) is 3. The van der Waals surface area contributed by atoms with Crippen molar-refractivity contribution in [2.24, 2.45) is 5.92 Å². The maximum absolute atomic E-state index is 12.2. The maximum Gasteiger partial charge on any atom is 0.269 e. The molecule has 0 saturated carbocycles. The van der Waals surface area contributed by atoms with Gasteiger partial charge in [0.05, 0.1) is 10.2 Å². The summed E-state index contributed by atoms with van der Waals surface area (Å²) in [7, 11) is 0. The summed E-state index contributed by atoms with van der Waals surface area (Å²) in [5, 5.41) is 17.4. The lowest BCUT2D eigenvalue weighted by molar-refractivity contribution is -0.384. The summed E-state index contributed by atoms with van der Waals surface area (Å²) in [5.41, 5.74) is 0.0453. The number of thioether (sulfide) groups is 1. The van der Waals surface area contributed by atoms with Crippen LogP contribution < -0.4 is 5.32 Å². The number of nitro groups is 1. The predicted molar refractivity (Wildman–Crippen MR) is 92.8 cm³/mol. The van der Waals surface area contributed by atoms with Gasteiger partial charge in [0.1, 0.15) is 0 Å². The van der Waals surface area contributed by atoms with Crippen LogP contribution in [0.15, 0.2) is 47.6 Å². The smallest absolute Gasteiger partial charge is 0.269 e. The van der Waals surface area contributed by atoms with Crippen LogP contribution in [0.4, 0.5) is 5.69 Å². The minimum absolute atomic E-state index is 0.0453. The number of amides is 1. The van der Waals surface area contributed by atoms with E-state index in [-0.39, 0.29) is 22.8 Å². The van der Waals surface area contributed by atoms with Crippen LogP contribution in [0.25, 0.3) is 0 Å². The quantitative estimate of drug-likeness (QED) is 0.450. The Morgan fingerprint density at radius 1 is 1.38 bits per heavy atom. The molecule has 0 fully saturated rings. The summed E-state index contributed by atoms with van der Waals surface area (Å²) >= 11 is 1.38. The van der Waals surface area contributed by atoms with Crippen molar-refractivity contribution in [3.63, 3.8) is 0 Å². The summed E-state index contributed by atoms with van der Waals surface area (Å²) in [6, 6.07) is 8.08. The van der Waals surface area contributed by atoms with Crippen LogP contribution in [0.3, 0.4) is 0 Å². The molecule has 2 atom stereocenters. The molecule has 7 nitrogen and oxygen atoms in total. The number of hydrogen-bond acceptors (Lipinski definition) is 5. The van der Waals surface area contributed by atoms with Gasteiger partial charge in [-0.2, -0.15) is 5.10 Å². The summed E-state index contributed by atoms with van der Waals surface area (Å²) in [6.07, 6.45) is 3.62. The van der Waals surface area contributed by atoms with Crippen LogP contribution in [0, 0.1) is 16.0 Å². The van der Waals surface area contributed by atoms with E-state index in [1.54, 1.807) is 18.3 Å². The van der Waals surface area contributed by atoms with E-state index in [9.17, 15) is 14.9 Å². The van der Waals surface area contributed by atoms with Gasteiger partial charge in [0.2, 0.25) is 5.91 Å². The van der Waals surface area contributed by atoms with Gasteiger partial charge in [-0.05, 0) is 31.0 Å². The lowest BCUT2D eigenvalue weighted by atomic mass is 10.2. The zero-order valence-electron chi connectivity index (χ0n) is 13.6. The third-order valence-electron chi connectivity index (χ3n) is 3.41. The first-order valence-corrected chi connectivity index (χ1v) is 8.50. The van der Waals surface area contributed by atoms with Crippen molar-refractivity contribution in [2.75, 3.05) is 6.54 Å². The minimum atomic E-state index is -0.439. The minimum Gasteiger partial charge on any atom is -0.355 e. The molecule has 0 aliphatic rings. The molecular formula is C16H20N4O3S. The molecule has 8 heteroatoms. The van der Waals surface area contributed by atoms with Gasteiger partial charge in [0.15, 0.2) is 0 Å². The summed E-state index contributed by atoms with van der Waals surface area (Å²) < 4.78 is 1.84. The highest BCUT2D eigenvalue weighted by Crippen LogP contribution is 2.25. The number of nitrogens with one attached hydrogen (secondary N) is 1. The average molecular weight is 348 g/mol. The third-order valence-corrected chi connectivity index (χ3v) is 4.52. The predicted octanol–water partition coefficient (Wildman–Crippen LogP) is 2.72. The Morgan fingerprint density at radius 3 is 2.67 bits per heavy atom. The summed E-state index contributed by atoms with van der Waals surface area (Å²) in [4.78, 5) is 23.2. The highest BCUT2D eigenvalue weighted by atomic mass is 32.2. The van der Waals surface area contributed by atoms with Crippen molar-refractivity contribution in [1.82, 2.24) is 15.1 Å². The van der Waals surface area contributed by atoms with Crippen LogP contribution in [0.5, 0.6) is 0 Å². The van der Waals surface area contributed by atoms with Gasteiger partial charge in [0.25, 0.3) is 5.69 Å². The number of benzene rings is 1. The fourth-order valence-corrected chi connectivity index (χ4v) is 3.01. The lowest BCUT2D eigenvalue weighted by Gasteiger charge is -2.15. The molecule has 2 aromatic rings. The molecule has 0 spiro atoms. The van der Waals surface area contributed by atoms with E-state index in [0.29, 0.717) is 6.54 Å². The largest absolute Gasteiger partial charge is 0.355 e. The first kappa shape index (κ1) is 18.0. The average Bonchev–Trinajstić information content (AvgIpc) is 3.06. The van der Waals surface area contributed by atoms with Crippen molar-refractivity contribution in [2.45, 2.75) is 30.5 Å². The molecule has 24 heavy (non-hydrogen) atoms. The van der Waals surface area contributed by atoms with Crippen molar-refractivity contribution < 1.29 is 9.72 Å². The van der Waals surface area contributed by atoms with Crippen molar-refractivity contribution >= 4 is 23.4 Å². The Kier molecular flexibility index (Phi) is 6.36. The molecule has 1 aromatic carbocycles. The fourth-order valence-electron chi connectivity index (χ4n) is 2.11. The van der Waals surface area contributed by atoms with Gasteiger partial charge in [0, 0.05) is 42.5 Å². The highest BCUT2D eigenvalue weighted by Gasteiger charge is 2.16. The lowest BCUT2D eigenvalue weighted by Crippen LogP contribution is -2.35. The Morgan fingerprint density at radius 2 is 2.08 bits per heavy atom. The van der Waals surface area contributed by atoms with Crippen molar-refractivity contribution in [1.29, 1.82) is 0 Å². The molecule has 1 amide bonds. The Bertz CT molecular complexity index is 673. The molecule has 1 heterocycles. The number of non-ortho nitro benzene ring substituents is 1. The van der Waals surface area contributed by atoms with Gasteiger partial charge in [-0.15, -0.1) is 11.8 Å². The molecule has 1 aromatic heterocycles. The summed E-state index contributed by atoms with van der Waals surface area (Å²) in [6.45, 7) is 5.19. The summed E-state index contributed by atoms with van der Waals surface area (Å²) in [5.74, 6) is 0.219. The maximum atomic E-state index is 12.2. The Hall–Kier alpha value is -2.35. The first-order valence-electron chi connectivity index (χ1n) is 7.62. The van der Waals surface area contributed by atoms with E-state index in [1.807, 2.05) is 23.9 Å². The molecule has 0 aliphatic carbocycles. The monoisotopic (exact) mass is 348 g/mol. The number of aromatic nitrogens is 2. The van der Waals surface area contributed by atoms with Crippen molar-refractivity contribution in [3.05, 3.63) is 52.8 Å². The number of carbonyl (C=O) groups is 1. The van der Waals surface area contributed by atoms with Gasteiger partial charge >= 0.3 is 0 Å². The molecular weight excluding hydrogens is 328 g/mol. The zero-order chi connectivity index (χ0) is 17.5. The number of hydrogen-bond donors (Lipinski definition) is 1. The Balaban J connectivity index is 1.78. The van der Waals surface area contributed by atoms with E-state index in [2.05, 4.69) is 17.3 Å². The SMILES string of the molecule is C[C@H](CNC(=O)[C@H](C)Sc1ccc([N+](=O)[O-])cc1)Cn1cccn1. The molecule has 0 radical (unpaired) electrons. The van der Waals surface area contributed by atoms with Crippen LogP contribution >= 0.6 is 11.8 Å². The van der Waals surface area contributed by atoms with Crippen LogP contribution in [0.2, 0.25) is 0 Å². The molecule has 0 saturated heterocycles. The van der Waals surface area contributed by atoms with Crippen molar-refractivity contribution in [3.8, 4) is 0 Å². The van der Waals surface area contributed by atoms with Gasteiger partial charge < -0.3 is 5.32 Å².